The zero-order valence-corrected chi connectivity index (χ0v) is 15.1. The van der Waals surface area contributed by atoms with Crippen LogP contribution in [-0.4, -0.2) is 11.1 Å². The first-order valence-electron chi connectivity index (χ1n) is 7.18. The van der Waals surface area contributed by atoms with E-state index in [1.165, 1.54) is 0 Å². The number of terminal acetylenes is 1. The van der Waals surface area contributed by atoms with Gasteiger partial charge >= 0.3 is 5.97 Å². The van der Waals surface area contributed by atoms with Crippen LogP contribution in [0.3, 0.4) is 0 Å². The van der Waals surface area contributed by atoms with Gasteiger partial charge in [-0.2, -0.15) is 0 Å². The van der Waals surface area contributed by atoms with E-state index >= 15 is 0 Å². The Labute approximate surface area is 141 Å². The number of carbonyl (C=O) groups is 1. The van der Waals surface area contributed by atoms with Crippen LogP contribution in [0.25, 0.3) is 0 Å². The van der Waals surface area contributed by atoms with Gasteiger partial charge in [0.2, 0.25) is 0 Å². The fourth-order valence-electron chi connectivity index (χ4n) is 2.32. The third kappa shape index (κ3) is 5.03. The largest absolute Gasteiger partial charge is 0.481 e. The number of rotatable bonds is 7. The zero-order valence-electron chi connectivity index (χ0n) is 12.9. The number of unbranched alkanes of at least 4 members (excludes halogenated alkanes) is 1. The van der Waals surface area contributed by atoms with Crippen molar-refractivity contribution in [1.82, 2.24) is 0 Å². The van der Waals surface area contributed by atoms with Crippen LogP contribution >= 0.6 is 22.6 Å². The summed E-state index contributed by atoms with van der Waals surface area (Å²) in [5.74, 6) is 2.02. The molecule has 2 nitrogen and oxygen atoms in total. The maximum Gasteiger partial charge on any atom is 0.313 e. The number of aliphatic carboxylic acids is 1. The van der Waals surface area contributed by atoms with Crippen LogP contribution in [0.5, 0.6) is 0 Å². The predicted molar refractivity (Wildman–Crippen MR) is 95.2 cm³/mol. The molecule has 0 saturated carbocycles. The average molecular weight is 398 g/mol. The van der Waals surface area contributed by atoms with Crippen LogP contribution in [0.2, 0.25) is 0 Å². The average Bonchev–Trinajstić information content (AvgIpc) is 2.43. The Balaban J connectivity index is 2.75. The van der Waals surface area contributed by atoms with E-state index in [4.69, 9.17) is 6.42 Å². The van der Waals surface area contributed by atoms with Gasteiger partial charge in [-0.3, -0.25) is 4.79 Å². The van der Waals surface area contributed by atoms with Gasteiger partial charge in [-0.25, -0.2) is 0 Å². The molecule has 0 amide bonds. The number of carboxylic acids is 1. The quantitative estimate of drug-likeness (QED) is 0.405. The molecular formula is C18H23IO2. The van der Waals surface area contributed by atoms with E-state index in [9.17, 15) is 9.90 Å². The molecule has 0 unspecified atom stereocenters. The van der Waals surface area contributed by atoms with Crippen molar-refractivity contribution in [3.8, 4) is 12.3 Å². The lowest BCUT2D eigenvalue weighted by atomic mass is 9.77. The molecule has 0 bridgehead atoms. The normalized spacial score (nSPS) is 14.2. The first-order valence-corrected chi connectivity index (χ1v) is 8.26. The molecule has 21 heavy (non-hydrogen) atoms. The van der Waals surface area contributed by atoms with Crippen molar-refractivity contribution in [1.29, 1.82) is 0 Å². The SMILES string of the molecule is C#CC(C)(C)CCCC[C@@](C)(C(=O)O)c1cccc(I)c1. The molecule has 0 fully saturated rings. The van der Waals surface area contributed by atoms with Gasteiger partial charge < -0.3 is 5.11 Å². The lowest BCUT2D eigenvalue weighted by Gasteiger charge is -2.26. The van der Waals surface area contributed by atoms with Gasteiger partial charge in [0, 0.05) is 8.99 Å². The summed E-state index contributed by atoms with van der Waals surface area (Å²) in [4.78, 5) is 11.7. The molecule has 0 aromatic heterocycles. The van der Waals surface area contributed by atoms with Crippen molar-refractivity contribution in [3.05, 3.63) is 33.4 Å². The van der Waals surface area contributed by atoms with E-state index in [1.54, 1.807) is 0 Å². The Bertz CT molecular complexity index is 542. The lowest BCUT2D eigenvalue weighted by molar-refractivity contribution is -0.143. The molecule has 0 aliphatic carbocycles. The molecule has 1 aromatic carbocycles. The molecular weight excluding hydrogens is 375 g/mol. The molecule has 1 rings (SSSR count). The van der Waals surface area contributed by atoms with Crippen LogP contribution in [0.4, 0.5) is 0 Å². The molecule has 0 aliphatic rings. The number of halogens is 1. The molecule has 0 spiro atoms. The second kappa shape index (κ2) is 7.31. The summed E-state index contributed by atoms with van der Waals surface area (Å²) >= 11 is 2.21. The summed E-state index contributed by atoms with van der Waals surface area (Å²) in [5, 5.41) is 9.65. The Kier molecular flexibility index (Phi) is 6.27. The summed E-state index contributed by atoms with van der Waals surface area (Å²) in [5.41, 5.74) is -0.0680. The molecule has 0 aliphatic heterocycles. The summed E-state index contributed by atoms with van der Waals surface area (Å²) in [6, 6.07) is 7.75. The highest BCUT2D eigenvalue weighted by molar-refractivity contribution is 14.1. The maximum atomic E-state index is 11.7. The monoisotopic (exact) mass is 398 g/mol. The first kappa shape index (κ1) is 18.0. The second-order valence-electron chi connectivity index (χ2n) is 6.38. The molecule has 1 N–H and O–H groups in total. The fourth-order valence-corrected chi connectivity index (χ4v) is 2.87. The van der Waals surface area contributed by atoms with Gasteiger partial charge in [-0.15, -0.1) is 12.3 Å². The minimum atomic E-state index is -0.832. The van der Waals surface area contributed by atoms with E-state index in [1.807, 2.05) is 45.0 Å². The standard InChI is InChI=1S/C18H23IO2/c1-5-17(2,3)11-6-7-12-18(4,16(20)21)14-9-8-10-15(19)13-14/h1,8-10,13H,6-7,11-12H2,2-4H3,(H,20,21)/t18-/m1/s1. The topological polar surface area (TPSA) is 37.3 Å². The molecule has 3 heteroatoms. The third-order valence-corrected chi connectivity index (χ3v) is 4.72. The Morgan fingerprint density at radius 2 is 1.90 bits per heavy atom. The van der Waals surface area contributed by atoms with Crippen molar-refractivity contribution < 1.29 is 9.90 Å². The first-order chi connectivity index (χ1) is 9.71. The van der Waals surface area contributed by atoms with Crippen molar-refractivity contribution in [2.45, 2.75) is 51.9 Å². The Morgan fingerprint density at radius 3 is 2.43 bits per heavy atom. The molecule has 1 aromatic rings. The van der Waals surface area contributed by atoms with E-state index in [0.717, 1.165) is 28.4 Å². The summed E-state index contributed by atoms with van der Waals surface area (Å²) in [6.45, 7) is 5.90. The van der Waals surface area contributed by atoms with E-state index in [2.05, 4.69) is 28.5 Å². The summed E-state index contributed by atoms with van der Waals surface area (Å²) in [7, 11) is 0. The van der Waals surface area contributed by atoms with Gasteiger partial charge in [-0.05, 0) is 73.9 Å². The molecule has 0 saturated heterocycles. The fraction of sp³-hybridized carbons (Fsp3) is 0.500. The minimum Gasteiger partial charge on any atom is -0.481 e. The van der Waals surface area contributed by atoms with Crippen LogP contribution in [-0.2, 0) is 10.2 Å². The molecule has 0 heterocycles. The van der Waals surface area contributed by atoms with Crippen LogP contribution < -0.4 is 0 Å². The van der Waals surface area contributed by atoms with Crippen LogP contribution in [0.15, 0.2) is 24.3 Å². The predicted octanol–water partition coefficient (Wildman–Crippen LogP) is 4.85. The van der Waals surface area contributed by atoms with Crippen molar-refractivity contribution >= 4 is 28.6 Å². The highest BCUT2D eigenvalue weighted by Crippen LogP contribution is 2.32. The highest BCUT2D eigenvalue weighted by Gasteiger charge is 2.34. The number of carboxylic acid groups (broad SMARTS) is 1. The van der Waals surface area contributed by atoms with E-state index in [0.29, 0.717) is 6.42 Å². The van der Waals surface area contributed by atoms with E-state index in [-0.39, 0.29) is 5.41 Å². The smallest absolute Gasteiger partial charge is 0.313 e. The van der Waals surface area contributed by atoms with Crippen molar-refractivity contribution in [2.24, 2.45) is 5.41 Å². The van der Waals surface area contributed by atoms with Gasteiger partial charge in [-0.1, -0.05) is 25.0 Å². The highest BCUT2D eigenvalue weighted by atomic mass is 127. The number of benzene rings is 1. The lowest BCUT2D eigenvalue weighted by Crippen LogP contribution is -2.32. The van der Waals surface area contributed by atoms with Gasteiger partial charge in [0.15, 0.2) is 0 Å². The molecule has 114 valence electrons. The maximum absolute atomic E-state index is 11.7. The Hall–Kier alpha value is -1.02. The van der Waals surface area contributed by atoms with Crippen molar-refractivity contribution in [3.63, 3.8) is 0 Å². The van der Waals surface area contributed by atoms with Crippen molar-refractivity contribution in [2.75, 3.05) is 0 Å². The van der Waals surface area contributed by atoms with Crippen LogP contribution in [0.1, 0.15) is 52.0 Å². The summed E-state index contributed by atoms with van der Waals surface area (Å²) in [6.07, 6.45) is 8.84. The van der Waals surface area contributed by atoms with Gasteiger partial charge in [0.05, 0.1) is 5.41 Å². The Morgan fingerprint density at radius 1 is 1.29 bits per heavy atom. The third-order valence-electron chi connectivity index (χ3n) is 4.05. The second-order valence-corrected chi connectivity index (χ2v) is 7.63. The van der Waals surface area contributed by atoms with E-state index < -0.39 is 11.4 Å². The summed E-state index contributed by atoms with van der Waals surface area (Å²) < 4.78 is 1.06. The number of hydrogen-bond acceptors (Lipinski definition) is 1. The zero-order chi connectivity index (χ0) is 16.1. The van der Waals surface area contributed by atoms with Gasteiger partial charge in [0.25, 0.3) is 0 Å². The minimum absolute atomic E-state index is 0.109. The molecule has 1 atom stereocenters. The number of hydrogen-bond donors (Lipinski definition) is 1. The van der Waals surface area contributed by atoms with Gasteiger partial charge in [0.1, 0.15) is 0 Å². The molecule has 0 radical (unpaired) electrons. The van der Waals surface area contributed by atoms with Crippen LogP contribution in [0, 0.1) is 21.3 Å².